The molecule has 108 valence electrons. The Hall–Kier alpha value is -1.47. The average molecular weight is 280 g/mol. The zero-order valence-corrected chi connectivity index (χ0v) is 10.4. The van der Waals surface area contributed by atoms with E-state index in [1.807, 2.05) is 0 Å². The number of amides is 2. The maximum atomic E-state index is 12.3. The first-order valence-corrected chi connectivity index (χ1v) is 6.03. The van der Waals surface area contributed by atoms with Gasteiger partial charge in [0.15, 0.2) is 0 Å². The Kier molecular flexibility index (Phi) is 3.36. The van der Waals surface area contributed by atoms with Crippen molar-refractivity contribution in [3.05, 3.63) is 0 Å². The third-order valence-corrected chi connectivity index (χ3v) is 3.82. The molecule has 3 unspecified atom stereocenters. The molecule has 19 heavy (non-hydrogen) atoms. The van der Waals surface area contributed by atoms with Gasteiger partial charge in [-0.15, -0.1) is 0 Å². The molecule has 2 amide bonds. The van der Waals surface area contributed by atoms with E-state index in [9.17, 15) is 22.8 Å². The topological polar surface area (TPSA) is 60.9 Å². The van der Waals surface area contributed by atoms with Gasteiger partial charge in [-0.25, -0.2) is 4.79 Å². The number of carbonyl (C=O) groups excluding carboxylic acids is 1. The van der Waals surface area contributed by atoms with Gasteiger partial charge in [-0.1, -0.05) is 0 Å². The minimum absolute atomic E-state index is 0.241. The lowest BCUT2D eigenvalue weighted by molar-refractivity contribution is -0.143. The summed E-state index contributed by atoms with van der Waals surface area (Å²) in [4.78, 5) is 25.0. The third kappa shape index (κ3) is 2.62. The molecule has 8 heteroatoms. The van der Waals surface area contributed by atoms with Gasteiger partial charge >= 0.3 is 18.2 Å². The fourth-order valence-corrected chi connectivity index (χ4v) is 3.09. The number of alkyl halides is 3. The fourth-order valence-electron chi connectivity index (χ4n) is 3.09. The van der Waals surface area contributed by atoms with Crippen LogP contribution in [0.4, 0.5) is 18.0 Å². The standard InChI is InChI=1S/C11H15F3N2O3/c1-15(5-11(12,13)14)10(19)16-6-2-3-8(16)7(4-6)9(17)18/h6-8H,2-5H2,1H3,(H,17,18). The summed E-state index contributed by atoms with van der Waals surface area (Å²) in [5.74, 6) is -1.63. The average Bonchev–Trinajstić information content (AvgIpc) is 2.82. The minimum Gasteiger partial charge on any atom is -0.481 e. The van der Waals surface area contributed by atoms with Crippen molar-refractivity contribution >= 4 is 12.0 Å². The molecule has 0 radical (unpaired) electrons. The zero-order chi connectivity index (χ0) is 14.4. The summed E-state index contributed by atoms with van der Waals surface area (Å²) in [7, 11) is 1.09. The molecule has 0 aromatic rings. The number of nitrogens with zero attached hydrogens (tertiary/aromatic N) is 2. The SMILES string of the molecule is CN(CC(F)(F)F)C(=O)N1C2CCC1C(C(=O)O)C2. The fraction of sp³-hybridized carbons (Fsp3) is 0.818. The number of carboxylic acids is 1. The molecule has 2 aliphatic heterocycles. The Morgan fingerprint density at radius 1 is 1.37 bits per heavy atom. The lowest BCUT2D eigenvalue weighted by Crippen LogP contribution is -2.47. The van der Waals surface area contributed by atoms with E-state index in [-0.39, 0.29) is 6.04 Å². The normalized spacial score (nSPS) is 29.7. The van der Waals surface area contributed by atoms with Crippen molar-refractivity contribution in [2.75, 3.05) is 13.6 Å². The monoisotopic (exact) mass is 280 g/mol. The molecule has 5 nitrogen and oxygen atoms in total. The van der Waals surface area contributed by atoms with E-state index in [0.29, 0.717) is 24.2 Å². The number of rotatable bonds is 2. The summed E-state index contributed by atoms with van der Waals surface area (Å²) in [6, 6.07) is -1.44. The number of fused-ring (bicyclic) bond motifs is 2. The number of urea groups is 1. The van der Waals surface area contributed by atoms with E-state index in [0.717, 1.165) is 7.05 Å². The number of aliphatic carboxylic acids is 1. The van der Waals surface area contributed by atoms with Crippen molar-refractivity contribution in [3.63, 3.8) is 0 Å². The zero-order valence-electron chi connectivity index (χ0n) is 10.4. The van der Waals surface area contributed by atoms with Crippen LogP contribution in [0.3, 0.4) is 0 Å². The van der Waals surface area contributed by atoms with Crippen LogP contribution in [0, 0.1) is 5.92 Å². The van der Waals surface area contributed by atoms with E-state index in [1.54, 1.807) is 0 Å². The Morgan fingerprint density at radius 3 is 2.47 bits per heavy atom. The molecule has 2 fully saturated rings. The maximum Gasteiger partial charge on any atom is 0.406 e. The molecular weight excluding hydrogens is 265 g/mol. The van der Waals surface area contributed by atoms with E-state index in [1.165, 1.54) is 4.90 Å². The first kappa shape index (κ1) is 14.0. The first-order valence-electron chi connectivity index (χ1n) is 6.03. The molecule has 2 bridgehead atoms. The number of halogens is 3. The lowest BCUT2D eigenvalue weighted by Gasteiger charge is -2.29. The van der Waals surface area contributed by atoms with Crippen molar-refractivity contribution in [2.24, 2.45) is 5.92 Å². The molecule has 0 aromatic heterocycles. The second-order valence-corrected chi connectivity index (χ2v) is 5.14. The molecule has 0 aromatic carbocycles. The quantitative estimate of drug-likeness (QED) is 0.834. The van der Waals surface area contributed by atoms with Crippen LogP contribution in [0.25, 0.3) is 0 Å². The van der Waals surface area contributed by atoms with Crippen molar-refractivity contribution in [2.45, 2.75) is 37.5 Å². The van der Waals surface area contributed by atoms with Gasteiger partial charge in [-0.3, -0.25) is 4.79 Å². The second kappa shape index (κ2) is 4.57. The second-order valence-electron chi connectivity index (χ2n) is 5.14. The molecule has 0 saturated carbocycles. The molecule has 0 aliphatic carbocycles. The molecule has 1 N–H and O–H groups in total. The predicted molar refractivity (Wildman–Crippen MR) is 58.5 cm³/mol. The number of carbonyl (C=O) groups is 2. The van der Waals surface area contributed by atoms with Crippen LogP contribution in [0.2, 0.25) is 0 Å². The van der Waals surface area contributed by atoms with E-state index < -0.39 is 36.7 Å². The van der Waals surface area contributed by atoms with Crippen LogP contribution >= 0.6 is 0 Å². The van der Waals surface area contributed by atoms with Gasteiger partial charge in [0.1, 0.15) is 6.54 Å². The number of carboxylic acid groups (broad SMARTS) is 1. The minimum atomic E-state index is -4.45. The van der Waals surface area contributed by atoms with Crippen molar-refractivity contribution < 1.29 is 27.9 Å². The van der Waals surface area contributed by atoms with E-state index in [2.05, 4.69) is 0 Å². The van der Waals surface area contributed by atoms with Crippen LogP contribution < -0.4 is 0 Å². The highest BCUT2D eigenvalue weighted by Gasteiger charge is 2.52. The van der Waals surface area contributed by atoms with Crippen LogP contribution in [0.15, 0.2) is 0 Å². The Morgan fingerprint density at radius 2 is 2.00 bits per heavy atom. The molecular formula is C11H15F3N2O3. The lowest BCUT2D eigenvalue weighted by atomic mass is 9.89. The largest absolute Gasteiger partial charge is 0.481 e. The Labute approximate surface area is 108 Å². The molecule has 2 rings (SSSR count). The summed E-state index contributed by atoms with van der Waals surface area (Å²) in [5, 5.41) is 9.03. The summed E-state index contributed by atoms with van der Waals surface area (Å²) in [6.07, 6.45) is -2.89. The summed E-state index contributed by atoms with van der Waals surface area (Å²) in [6.45, 7) is -1.32. The number of hydrogen-bond acceptors (Lipinski definition) is 2. The van der Waals surface area contributed by atoms with Crippen molar-refractivity contribution in [3.8, 4) is 0 Å². The summed E-state index contributed by atoms with van der Waals surface area (Å²) < 4.78 is 36.8. The van der Waals surface area contributed by atoms with Gasteiger partial charge < -0.3 is 14.9 Å². The first-order chi connectivity index (χ1) is 8.70. The van der Waals surface area contributed by atoms with Gasteiger partial charge in [0.2, 0.25) is 0 Å². The van der Waals surface area contributed by atoms with Gasteiger partial charge in [0.25, 0.3) is 0 Å². The van der Waals surface area contributed by atoms with Crippen LogP contribution in [-0.2, 0) is 4.79 Å². The smallest absolute Gasteiger partial charge is 0.406 e. The Bertz CT molecular complexity index is 399. The predicted octanol–water partition coefficient (Wildman–Crippen LogP) is 1.54. The highest BCUT2D eigenvalue weighted by molar-refractivity contribution is 5.79. The summed E-state index contributed by atoms with van der Waals surface area (Å²) in [5.41, 5.74) is 0. The molecule has 2 heterocycles. The summed E-state index contributed by atoms with van der Waals surface area (Å²) >= 11 is 0. The third-order valence-electron chi connectivity index (χ3n) is 3.82. The molecule has 3 atom stereocenters. The van der Waals surface area contributed by atoms with E-state index >= 15 is 0 Å². The van der Waals surface area contributed by atoms with Crippen LogP contribution in [-0.4, -0.2) is 58.8 Å². The van der Waals surface area contributed by atoms with Crippen molar-refractivity contribution in [1.29, 1.82) is 0 Å². The van der Waals surface area contributed by atoms with Gasteiger partial charge in [-0.05, 0) is 19.3 Å². The van der Waals surface area contributed by atoms with Gasteiger partial charge in [0, 0.05) is 19.1 Å². The Balaban J connectivity index is 2.07. The van der Waals surface area contributed by atoms with E-state index in [4.69, 9.17) is 5.11 Å². The van der Waals surface area contributed by atoms with Gasteiger partial charge in [-0.2, -0.15) is 13.2 Å². The molecule has 0 spiro atoms. The number of hydrogen-bond donors (Lipinski definition) is 1. The highest BCUT2D eigenvalue weighted by atomic mass is 19.4. The maximum absolute atomic E-state index is 12.3. The van der Waals surface area contributed by atoms with Crippen molar-refractivity contribution in [1.82, 2.24) is 9.80 Å². The molecule has 2 saturated heterocycles. The van der Waals surface area contributed by atoms with Gasteiger partial charge in [0.05, 0.1) is 5.92 Å². The van der Waals surface area contributed by atoms with Crippen LogP contribution in [0.1, 0.15) is 19.3 Å². The highest BCUT2D eigenvalue weighted by Crippen LogP contribution is 2.42. The van der Waals surface area contributed by atoms with Crippen LogP contribution in [0.5, 0.6) is 0 Å². The molecule has 2 aliphatic rings.